The molecule has 18 heavy (non-hydrogen) atoms. The molecule has 1 fully saturated rings. The van der Waals surface area contributed by atoms with Crippen LogP contribution in [0.25, 0.3) is 0 Å². The maximum atomic E-state index is 5.66. The van der Waals surface area contributed by atoms with Crippen LogP contribution in [-0.2, 0) is 6.54 Å². The molecule has 0 aromatic carbocycles. The summed E-state index contributed by atoms with van der Waals surface area (Å²) in [6.07, 6.45) is 1.85. The summed E-state index contributed by atoms with van der Waals surface area (Å²) in [6.45, 7) is 9.43. The van der Waals surface area contributed by atoms with Crippen LogP contribution in [-0.4, -0.2) is 42.1 Å². The van der Waals surface area contributed by atoms with E-state index in [0.717, 1.165) is 37.6 Å². The molecule has 1 aromatic rings. The van der Waals surface area contributed by atoms with Crippen molar-refractivity contribution in [1.29, 1.82) is 0 Å². The summed E-state index contributed by atoms with van der Waals surface area (Å²) in [7, 11) is 0. The summed E-state index contributed by atoms with van der Waals surface area (Å²) in [5.41, 5.74) is 6.81. The Morgan fingerprint density at radius 1 is 1.28 bits per heavy atom. The predicted molar refractivity (Wildman–Crippen MR) is 78.3 cm³/mol. The zero-order valence-electron chi connectivity index (χ0n) is 11.2. The summed E-state index contributed by atoms with van der Waals surface area (Å²) in [5.74, 6) is 1.07. The maximum Gasteiger partial charge on any atom is 0.128 e. The van der Waals surface area contributed by atoms with E-state index in [9.17, 15) is 0 Å². The first-order valence-corrected chi connectivity index (χ1v) is 6.34. The molecular weight excluding hydrogens is 248 g/mol. The third-order valence-corrected chi connectivity index (χ3v) is 3.41. The van der Waals surface area contributed by atoms with Gasteiger partial charge < -0.3 is 10.6 Å². The van der Waals surface area contributed by atoms with Crippen molar-refractivity contribution in [1.82, 2.24) is 9.88 Å². The Labute approximate surface area is 116 Å². The SMILES string of the molecule is CC(C)N1CCN(c2cc(CN)ccn2)CC1.Cl. The highest BCUT2D eigenvalue weighted by molar-refractivity contribution is 5.85. The van der Waals surface area contributed by atoms with E-state index in [1.54, 1.807) is 0 Å². The summed E-state index contributed by atoms with van der Waals surface area (Å²) in [4.78, 5) is 9.28. The Morgan fingerprint density at radius 3 is 2.50 bits per heavy atom. The van der Waals surface area contributed by atoms with Gasteiger partial charge in [0.1, 0.15) is 5.82 Å². The monoisotopic (exact) mass is 270 g/mol. The fourth-order valence-corrected chi connectivity index (χ4v) is 2.23. The van der Waals surface area contributed by atoms with Gasteiger partial charge in [0.2, 0.25) is 0 Å². The molecule has 1 aliphatic rings. The molecule has 1 saturated heterocycles. The number of piperazine rings is 1. The van der Waals surface area contributed by atoms with Crippen molar-refractivity contribution >= 4 is 18.2 Å². The van der Waals surface area contributed by atoms with Gasteiger partial charge in [-0.1, -0.05) is 0 Å². The topological polar surface area (TPSA) is 45.4 Å². The fourth-order valence-electron chi connectivity index (χ4n) is 2.23. The van der Waals surface area contributed by atoms with Gasteiger partial charge in [-0.15, -0.1) is 12.4 Å². The number of anilines is 1. The van der Waals surface area contributed by atoms with Crippen LogP contribution in [0.4, 0.5) is 5.82 Å². The number of rotatable bonds is 3. The second-order valence-electron chi connectivity index (χ2n) is 4.84. The summed E-state index contributed by atoms with van der Waals surface area (Å²) in [5, 5.41) is 0. The minimum absolute atomic E-state index is 0. The zero-order valence-corrected chi connectivity index (χ0v) is 12.0. The molecular formula is C13H23ClN4. The van der Waals surface area contributed by atoms with Crippen LogP contribution in [0.3, 0.4) is 0 Å². The second kappa shape index (κ2) is 6.92. The third-order valence-electron chi connectivity index (χ3n) is 3.41. The normalized spacial score (nSPS) is 16.8. The van der Waals surface area contributed by atoms with Crippen LogP contribution < -0.4 is 10.6 Å². The highest BCUT2D eigenvalue weighted by atomic mass is 35.5. The summed E-state index contributed by atoms with van der Waals surface area (Å²) >= 11 is 0. The zero-order chi connectivity index (χ0) is 12.3. The number of pyridine rings is 1. The molecule has 0 atom stereocenters. The van der Waals surface area contributed by atoms with Gasteiger partial charge in [-0.3, -0.25) is 4.90 Å². The highest BCUT2D eigenvalue weighted by Crippen LogP contribution is 2.15. The molecule has 4 nitrogen and oxygen atoms in total. The van der Waals surface area contributed by atoms with Gasteiger partial charge >= 0.3 is 0 Å². The van der Waals surface area contributed by atoms with E-state index in [1.807, 2.05) is 12.3 Å². The summed E-state index contributed by atoms with van der Waals surface area (Å²) < 4.78 is 0. The Morgan fingerprint density at radius 2 is 1.94 bits per heavy atom. The number of nitrogens with zero attached hydrogens (tertiary/aromatic N) is 3. The first-order valence-electron chi connectivity index (χ1n) is 6.34. The van der Waals surface area contributed by atoms with Crippen LogP contribution >= 0.6 is 12.4 Å². The van der Waals surface area contributed by atoms with Gasteiger partial charge in [0.25, 0.3) is 0 Å². The van der Waals surface area contributed by atoms with E-state index in [1.165, 1.54) is 0 Å². The minimum Gasteiger partial charge on any atom is -0.354 e. The lowest BCUT2D eigenvalue weighted by Gasteiger charge is -2.37. The number of nitrogens with two attached hydrogens (primary N) is 1. The molecule has 0 amide bonds. The molecule has 2 N–H and O–H groups in total. The summed E-state index contributed by atoms with van der Waals surface area (Å²) in [6, 6.07) is 4.72. The Bertz CT molecular complexity index is 362. The van der Waals surface area contributed by atoms with Crippen molar-refractivity contribution in [2.75, 3.05) is 31.1 Å². The van der Waals surface area contributed by atoms with Gasteiger partial charge in [-0.25, -0.2) is 4.98 Å². The maximum absolute atomic E-state index is 5.66. The van der Waals surface area contributed by atoms with E-state index in [0.29, 0.717) is 12.6 Å². The van der Waals surface area contributed by atoms with Crippen molar-refractivity contribution < 1.29 is 0 Å². The van der Waals surface area contributed by atoms with E-state index in [4.69, 9.17) is 5.73 Å². The molecule has 0 radical (unpaired) electrons. The first kappa shape index (κ1) is 15.2. The number of hydrogen-bond donors (Lipinski definition) is 1. The fraction of sp³-hybridized carbons (Fsp3) is 0.615. The molecule has 2 rings (SSSR count). The standard InChI is InChI=1S/C13H22N4.ClH/c1-11(2)16-5-7-17(8-6-16)13-9-12(10-14)3-4-15-13;/h3-4,9,11H,5-8,10,14H2,1-2H3;1H. The highest BCUT2D eigenvalue weighted by Gasteiger charge is 2.19. The largest absolute Gasteiger partial charge is 0.354 e. The average molecular weight is 271 g/mol. The molecule has 0 unspecified atom stereocenters. The molecule has 102 valence electrons. The van der Waals surface area contributed by atoms with Crippen molar-refractivity contribution in [3.8, 4) is 0 Å². The van der Waals surface area contributed by atoms with Crippen molar-refractivity contribution in [3.63, 3.8) is 0 Å². The van der Waals surface area contributed by atoms with Crippen molar-refractivity contribution in [2.45, 2.75) is 26.4 Å². The minimum atomic E-state index is 0. The first-order chi connectivity index (χ1) is 8.20. The number of halogens is 1. The molecule has 0 aliphatic carbocycles. The van der Waals surface area contributed by atoms with E-state index < -0.39 is 0 Å². The van der Waals surface area contributed by atoms with Gasteiger partial charge in [0.15, 0.2) is 0 Å². The average Bonchev–Trinajstić information content (AvgIpc) is 2.39. The van der Waals surface area contributed by atoms with E-state index in [2.05, 4.69) is 34.7 Å². The van der Waals surface area contributed by atoms with Crippen LogP contribution in [0.5, 0.6) is 0 Å². The molecule has 5 heteroatoms. The second-order valence-corrected chi connectivity index (χ2v) is 4.84. The van der Waals surface area contributed by atoms with Gasteiger partial charge in [-0.2, -0.15) is 0 Å². The number of aromatic nitrogens is 1. The van der Waals surface area contributed by atoms with Crippen molar-refractivity contribution in [3.05, 3.63) is 23.9 Å². The van der Waals surface area contributed by atoms with Gasteiger partial charge in [0, 0.05) is 45.0 Å². The molecule has 0 saturated carbocycles. The van der Waals surface area contributed by atoms with Crippen LogP contribution in [0.15, 0.2) is 18.3 Å². The van der Waals surface area contributed by atoms with Crippen molar-refractivity contribution in [2.24, 2.45) is 5.73 Å². The van der Waals surface area contributed by atoms with E-state index >= 15 is 0 Å². The Balaban J connectivity index is 0.00000162. The third kappa shape index (κ3) is 3.57. The van der Waals surface area contributed by atoms with Crippen LogP contribution in [0.2, 0.25) is 0 Å². The van der Waals surface area contributed by atoms with Gasteiger partial charge in [0.05, 0.1) is 0 Å². The molecule has 1 aromatic heterocycles. The Hall–Kier alpha value is -0.840. The molecule has 0 bridgehead atoms. The lowest BCUT2D eigenvalue weighted by molar-refractivity contribution is 0.209. The van der Waals surface area contributed by atoms with Crippen LogP contribution in [0.1, 0.15) is 19.4 Å². The lowest BCUT2D eigenvalue weighted by Crippen LogP contribution is -2.49. The van der Waals surface area contributed by atoms with Crippen LogP contribution in [0, 0.1) is 0 Å². The molecule has 1 aliphatic heterocycles. The predicted octanol–water partition coefficient (Wildman–Crippen LogP) is 1.49. The lowest BCUT2D eigenvalue weighted by atomic mass is 10.2. The molecule has 0 spiro atoms. The van der Waals surface area contributed by atoms with Gasteiger partial charge in [-0.05, 0) is 31.5 Å². The van der Waals surface area contributed by atoms with E-state index in [-0.39, 0.29) is 12.4 Å². The number of hydrogen-bond acceptors (Lipinski definition) is 4. The molecule has 2 heterocycles. The smallest absolute Gasteiger partial charge is 0.128 e. The quantitative estimate of drug-likeness (QED) is 0.904. The Kier molecular flexibility index (Phi) is 5.85.